The second-order valence-electron chi connectivity index (χ2n) is 5.28. The Labute approximate surface area is 129 Å². The van der Waals surface area contributed by atoms with Crippen molar-refractivity contribution in [1.82, 2.24) is 5.32 Å². The van der Waals surface area contributed by atoms with E-state index < -0.39 is 17.6 Å². The van der Waals surface area contributed by atoms with Gasteiger partial charge in [0.1, 0.15) is 0 Å². The summed E-state index contributed by atoms with van der Waals surface area (Å²) in [6.45, 7) is 0. The number of benzene rings is 1. The molecule has 21 heavy (non-hydrogen) atoms. The van der Waals surface area contributed by atoms with Gasteiger partial charge < -0.3 is 5.32 Å². The molecule has 1 fully saturated rings. The van der Waals surface area contributed by atoms with Crippen molar-refractivity contribution in [2.75, 3.05) is 0 Å². The number of nitriles is 1. The molecule has 1 aromatic carbocycles. The number of ketones is 1. The van der Waals surface area contributed by atoms with E-state index in [9.17, 15) is 9.59 Å². The summed E-state index contributed by atoms with van der Waals surface area (Å²) in [5, 5.41) is 12.4. The first-order chi connectivity index (χ1) is 10.1. The van der Waals surface area contributed by atoms with Gasteiger partial charge in [0.25, 0.3) is 0 Å². The van der Waals surface area contributed by atoms with Gasteiger partial charge in [0.05, 0.1) is 6.07 Å². The lowest BCUT2D eigenvalue weighted by molar-refractivity contribution is -0.123. The highest BCUT2D eigenvalue weighted by Crippen LogP contribution is 2.19. The summed E-state index contributed by atoms with van der Waals surface area (Å²) >= 11 is 5.84. The predicted octanol–water partition coefficient (Wildman–Crippen LogP) is 3.11. The Morgan fingerprint density at radius 1 is 1.29 bits per heavy atom. The second kappa shape index (κ2) is 7.24. The molecule has 1 aliphatic rings. The van der Waals surface area contributed by atoms with Crippen molar-refractivity contribution in [2.24, 2.45) is 5.92 Å². The Morgan fingerprint density at radius 3 is 2.62 bits per heavy atom. The molecule has 1 amide bonds. The minimum Gasteiger partial charge on any atom is -0.352 e. The molecule has 1 N–H and O–H groups in total. The van der Waals surface area contributed by atoms with Crippen LogP contribution in [0.4, 0.5) is 0 Å². The predicted molar refractivity (Wildman–Crippen MR) is 79.9 cm³/mol. The molecule has 1 saturated carbocycles. The molecule has 0 aliphatic heterocycles. The number of nitrogens with one attached hydrogen (secondary N) is 1. The van der Waals surface area contributed by atoms with Crippen LogP contribution in [0.2, 0.25) is 5.02 Å². The first-order valence-electron chi connectivity index (χ1n) is 7.11. The molecule has 0 bridgehead atoms. The van der Waals surface area contributed by atoms with Gasteiger partial charge in [0.15, 0.2) is 11.7 Å². The maximum atomic E-state index is 12.3. The van der Waals surface area contributed by atoms with Gasteiger partial charge in [0, 0.05) is 16.6 Å². The number of hydrogen-bond acceptors (Lipinski definition) is 3. The molecule has 2 rings (SSSR count). The molecule has 0 spiro atoms. The molecule has 1 atom stereocenters. The zero-order valence-corrected chi connectivity index (χ0v) is 12.4. The lowest BCUT2D eigenvalue weighted by Crippen LogP contribution is -2.42. The lowest BCUT2D eigenvalue weighted by Gasteiger charge is -2.23. The van der Waals surface area contributed by atoms with Crippen LogP contribution >= 0.6 is 11.6 Å². The maximum Gasteiger partial charge on any atom is 0.245 e. The Kier molecular flexibility index (Phi) is 5.35. The molecular weight excluding hydrogens is 288 g/mol. The highest BCUT2D eigenvalue weighted by Gasteiger charge is 2.29. The zero-order chi connectivity index (χ0) is 15.2. The summed E-state index contributed by atoms with van der Waals surface area (Å²) in [5.74, 6) is -2.33. The summed E-state index contributed by atoms with van der Waals surface area (Å²) in [6.07, 6.45) is 5.15. The van der Waals surface area contributed by atoms with Crippen molar-refractivity contribution in [3.05, 3.63) is 34.9 Å². The minimum atomic E-state index is -1.31. The summed E-state index contributed by atoms with van der Waals surface area (Å²) in [5.41, 5.74) is 0.285. The van der Waals surface area contributed by atoms with E-state index in [1.807, 2.05) is 0 Å². The van der Waals surface area contributed by atoms with Crippen molar-refractivity contribution in [3.8, 4) is 6.07 Å². The van der Waals surface area contributed by atoms with E-state index in [2.05, 4.69) is 5.32 Å². The van der Waals surface area contributed by atoms with Crippen molar-refractivity contribution >= 4 is 23.3 Å². The fourth-order valence-corrected chi connectivity index (χ4v) is 2.77. The van der Waals surface area contributed by atoms with E-state index in [0.29, 0.717) is 5.02 Å². The molecule has 5 heteroatoms. The normalized spacial score (nSPS) is 16.8. The van der Waals surface area contributed by atoms with Crippen LogP contribution in [0.5, 0.6) is 0 Å². The van der Waals surface area contributed by atoms with E-state index in [-0.39, 0.29) is 11.6 Å². The molecule has 4 nitrogen and oxygen atoms in total. The number of amides is 1. The molecule has 1 aromatic rings. The van der Waals surface area contributed by atoms with Crippen molar-refractivity contribution in [2.45, 2.75) is 38.1 Å². The highest BCUT2D eigenvalue weighted by atomic mass is 35.5. The van der Waals surface area contributed by atoms with E-state index >= 15 is 0 Å². The van der Waals surface area contributed by atoms with Gasteiger partial charge in [-0.05, 0) is 25.0 Å². The average molecular weight is 305 g/mol. The highest BCUT2D eigenvalue weighted by molar-refractivity contribution is 6.31. The van der Waals surface area contributed by atoms with E-state index in [1.54, 1.807) is 24.3 Å². The maximum absolute atomic E-state index is 12.3. The molecule has 1 aliphatic carbocycles. The summed E-state index contributed by atoms with van der Waals surface area (Å²) in [7, 11) is 0. The summed E-state index contributed by atoms with van der Waals surface area (Å²) < 4.78 is 0. The third-order valence-electron chi connectivity index (χ3n) is 3.71. The number of rotatable bonds is 4. The van der Waals surface area contributed by atoms with Gasteiger partial charge in [-0.15, -0.1) is 0 Å². The fourth-order valence-electron chi connectivity index (χ4n) is 2.58. The Balaban J connectivity index is 2.06. The number of carbonyl (C=O) groups excluding carboxylic acids is 2. The van der Waals surface area contributed by atoms with Crippen molar-refractivity contribution in [1.29, 1.82) is 5.26 Å². The van der Waals surface area contributed by atoms with Gasteiger partial charge >= 0.3 is 0 Å². The standard InChI is InChI=1S/C16H17ClN2O2/c17-12-6-4-5-11(9-12)15(20)14(10-18)16(21)19-13-7-2-1-3-8-13/h4-6,9,13-14H,1-3,7-8H2,(H,19,21)/t14-/m1/s1. The van der Waals surface area contributed by atoms with Gasteiger partial charge in [-0.2, -0.15) is 5.26 Å². The first-order valence-corrected chi connectivity index (χ1v) is 7.49. The van der Waals surface area contributed by atoms with Crippen LogP contribution in [0.1, 0.15) is 42.5 Å². The second-order valence-corrected chi connectivity index (χ2v) is 5.72. The molecular formula is C16H17ClN2O2. The number of Topliss-reactive ketones (excluding diaryl/α,β-unsaturated/α-hetero) is 1. The third-order valence-corrected chi connectivity index (χ3v) is 3.95. The molecule has 0 heterocycles. The van der Waals surface area contributed by atoms with Gasteiger partial charge in [0.2, 0.25) is 5.91 Å². The van der Waals surface area contributed by atoms with Crippen molar-refractivity contribution < 1.29 is 9.59 Å². The Morgan fingerprint density at radius 2 is 2.00 bits per heavy atom. The quantitative estimate of drug-likeness (QED) is 0.686. The van der Waals surface area contributed by atoms with Crippen LogP contribution in [-0.2, 0) is 4.79 Å². The van der Waals surface area contributed by atoms with Gasteiger partial charge in [-0.1, -0.05) is 43.0 Å². The average Bonchev–Trinajstić information content (AvgIpc) is 2.49. The van der Waals surface area contributed by atoms with Crippen LogP contribution in [0.3, 0.4) is 0 Å². The number of hydrogen-bond donors (Lipinski definition) is 1. The lowest BCUT2D eigenvalue weighted by atomic mass is 9.93. The Hall–Kier alpha value is -1.86. The number of halogens is 1. The van der Waals surface area contributed by atoms with E-state index in [4.69, 9.17) is 16.9 Å². The molecule has 0 saturated heterocycles. The molecule has 0 unspecified atom stereocenters. The van der Waals surface area contributed by atoms with E-state index in [0.717, 1.165) is 25.7 Å². The SMILES string of the molecule is N#C[C@@H](C(=O)NC1CCCCC1)C(=O)c1cccc(Cl)c1. The van der Waals surface area contributed by atoms with Gasteiger partial charge in [-0.25, -0.2) is 0 Å². The monoisotopic (exact) mass is 304 g/mol. The zero-order valence-electron chi connectivity index (χ0n) is 11.6. The summed E-state index contributed by atoms with van der Waals surface area (Å²) in [4.78, 5) is 24.4. The van der Waals surface area contributed by atoms with Gasteiger partial charge in [-0.3, -0.25) is 9.59 Å². The molecule has 0 aromatic heterocycles. The molecule has 110 valence electrons. The number of carbonyl (C=O) groups is 2. The largest absolute Gasteiger partial charge is 0.352 e. The smallest absolute Gasteiger partial charge is 0.245 e. The Bertz CT molecular complexity index is 574. The number of nitrogens with zero attached hydrogens (tertiary/aromatic N) is 1. The van der Waals surface area contributed by atoms with Crippen LogP contribution in [0.15, 0.2) is 24.3 Å². The topological polar surface area (TPSA) is 70.0 Å². The van der Waals surface area contributed by atoms with Crippen LogP contribution < -0.4 is 5.32 Å². The van der Waals surface area contributed by atoms with Crippen LogP contribution in [-0.4, -0.2) is 17.7 Å². The van der Waals surface area contributed by atoms with Crippen molar-refractivity contribution in [3.63, 3.8) is 0 Å². The van der Waals surface area contributed by atoms with Crippen LogP contribution in [0.25, 0.3) is 0 Å². The third kappa shape index (κ3) is 4.05. The summed E-state index contributed by atoms with van der Waals surface area (Å²) in [6, 6.07) is 8.19. The molecule has 0 radical (unpaired) electrons. The van der Waals surface area contributed by atoms with Crippen LogP contribution in [0, 0.1) is 17.2 Å². The minimum absolute atomic E-state index is 0.0780. The van der Waals surface area contributed by atoms with E-state index in [1.165, 1.54) is 12.5 Å². The first kappa shape index (κ1) is 15.5. The fraction of sp³-hybridized carbons (Fsp3) is 0.438.